The SMILES string of the molecule is CC(=O)NC(CCCCNC(=O)OCC1c2ccccc2-c2ccccc21)C(=O)NNC(=O)O. The molecule has 5 N–H and O–H groups in total. The van der Waals surface area contributed by atoms with Gasteiger partial charge >= 0.3 is 12.2 Å². The molecule has 2 aromatic rings. The number of carboxylic acid groups (broad SMARTS) is 1. The molecule has 0 aliphatic heterocycles. The topological polar surface area (TPSA) is 146 Å². The number of amides is 4. The third-order valence-corrected chi connectivity index (χ3v) is 5.52. The Labute approximate surface area is 197 Å². The van der Waals surface area contributed by atoms with Crippen LogP contribution in [0.15, 0.2) is 48.5 Å². The Morgan fingerprint density at radius 3 is 2.15 bits per heavy atom. The lowest BCUT2D eigenvalue weighted by Crippen LogP contribution is -2.51. The third-order valence-electron chi connectivity index (χ3n) is 5.52. The van der Waals surface area contributed by atoms with Crippen LogP contribution >= 0.6 is 0 Å². The van der Waals surface area contributed by atoms with E-state index in [9.17, 15) is 19.2 Å². The Morgan fingerprint density at radius 2 is 1.56 bits per heavy atom. The lowest BCUT2D eigenvalue weighted by atomic mass is 9.98. The molecular formula is C24H28N4O6. The lowest BCUT2D eigenvalue weighted by Gasteiger charge is -2.17. The molecule has 0 radical (unpaired) electrons. The first-order chi connectivity index (χ1) is 16.4. The Bertz CT molecular complexity index is 1010. The molecule has 1 atom stereocenters. The summed E-state index contributed by atoms with van der Waals surface area (Å²) in [5.41, 5.74) is 8.35. The average molecular weight is 469 g/mol. The lowest BCUT2D eigenvalue weighted by molar-refractivity contribution is -0.128. The van der Waals surface area contributed by atoms with Crippen molar-refractivity contribution in [3.05, 3.63) is 59.7 Å². The maximum Gasteiger partial charge on any atom is 0.423 e. The molecule has 0 spiro atoms. The molecular weight excluding hydrogens is 440 g/mol. The van der Waals surface area contributed by atoms with Gasteiger partial charge in [0.15, 0.2) is 0 Å². The second-order valence-corrected chi connectivity index (χ2v) is 7.92. The van der Waals surface area contributed by atoms with E-state index in [0.29, 0.717) is 19.4 Å². The second kappa shape index (κ2) is 11.7. The molecule has 0 saturated heterocycles. The highest BCUT2D eigenvalue weighted by molar-refractivity contribution is 5.87. The Morgan fingerprint density at radius 1 is 0.941 bits per heavy atom. The van der Waals surface area contributed by atoms with Crippen LogP contribution in [-0.4, -0.2) is 48.3 Å². The Balaban J connectivity index is 1.41. The molecule has 3 rings (SSSR count). The number of carbonyl (C=O) groups excluding carboxylic acids is 3. The number of fused-ring (bicyclic) bond motifs is 3. The maximum absolute atomic E-state index is 12.2. The van der Waals surface area contributed by atoms with Gasteiger partial charge in [-0.2, -0.15) is 0 Å². The zero-order valence-electron chi connectivity index (χ0n) is 18.8. The zero-order chi connectivity index (χ0) is 24.5. The summed E-state index contributed by atoms with van der Waals surface area (Å²) < 4.78 is 5.48. The van der Waals surface area contributed by atoms with Crippen molar-refractivity contribution >= 4 is 24.0 Å². The van der Waals surface area contributed by atoms with E-state index in [1.165, 1.54) is 6.92 Å². The van der Waals surface area contributed by atoms with Gasteiger partial charge in [-0.15, -0.1) is 0 Å². The predicted octanol–water partition coefficient (Wildman–Crippen LogP) is 2.50. The fourth-order valence-corrected chi connectivity index (χ4v) is 4.03. The van der Waals surface area contributed by atoms with Crippen molar-refractivity contribution in [3.8, 4) is 11.1 Å². The highest BCUT2D eigenvalue weighted by Gasteiger charge is 2.29. The predicted molar refractivity (Wildman–Crippen MR) is 124 cm³/mol. The number of rotatable bonds is 9. The van der Waals surface area contributed by atoms with E-state index in [1.54, 1.807) is 5.43 Å². The molecule has 1 aliphatic rings. The quantitative estimate of drug-likeness (QED) is 0.282. The molecule has 0 saturated carbocycles. The van der Waals surface area contributed by atoms with E-state index in [1.807, 2.05) is 29.7 Å². The third kappa shape index (κ3) is 6.47. The van der Waals surface area contributed by atoms with Gasteiger partial charge in [0.1, 0.15) is 12.6 Å². The maximum atomic E-state index is 12.2. The van der Waals surface area contributed by atoms with Gasteiger partial charge in [0, 0.05) is 19.4 Å². The second-order valence-electron chi connectivity index (χ2n) is 7.92. The number of carbonyl (C=O) groups is 4. The van der Waals surface area contributed by atoms with Crippen LogP contribution < -0.4 is 21.5 Å². The van der Waals surface area contributed by atoms with Crippen molar-refractivity contribution in [1.29, 1.82) is 0 Å². The van der Waals surface area contributed by atoms with Gasteiger partial charge < -0.3 is 20.5 Å². The molecule has 0 aromatic heterocycles. The monoisotopic (exact) mass is 468 g/mol. The molecule has 1 unspecified atom stereocenters. The zero-order valence-corrected chi connectivity index (χ0v) is 18.8. The highest BCUT2D eigenvalue weighted by atomic mass is 16.5. The van der Waals surface area contributed by atoms with Gasteiger partial charge in [0.25, 0.3) is 5.91 Å². The van der Waals surface area contributed by atoms with Gasteiger partial charge in [-0.05, 0) is 41.5 Å². The van der Waals surface area contributed by atoms with E-state index < -0.39 is 30.0 Å². The summed E-state index contributed by atoms with van der Waals surface area (Å²) in [5.74, 6) is -1.09. The van der Waals surface area contributed by atoms with Crippen molar-refractivity contribution in [1.82, 2.24) is 21.5 Å². The number of hydrogen-bond acceptors (Lipinski definition) is 5. The number of hydrazine groups is 1. The first-order valence-electron chi connectivity index (χ1n) is 11.0. The van der Waals surface area contributed by atoms with Gasteiger partial charge in [0.2, 0.25) is 5.91 Å². The summed E-state index contributed by atoms with van der Waals surface area (Å²) >= 11 is 0. The summed E-state index contributed by atoms with van der Waals surface area (Å²) in [6.45, 7) is 1.82. The average Bonchev–Trinajstić information content (AvgIpc) is 3.13. The fourth-order valence-electron chi connectivity index (χ4n) is 4.03. The van der Waals surface area contributed by atoms with Crippen LogP contribution in [0.1, 0.15) is 43.2 Å². The number of unbranched alkanes of at least 4 members (excludes halogenated alkanes) is 1. The Hall–Kier alpha value is -4.08. The van der Waals surface area contributed by atoms with Gasteiger partial charge in [0.05, 0.1) is 0 Å². The summed E-state index contributed by atoms with van der Waals surface area (Å²) in [6, 6.07) is 15.3. The number of alkyl carbamates (subject to hydrolysis) is 1. The van der Waals surface area contributed by atoms with Crippen LogP contribution in [0.5, 0.6) is 0 Å². The van der Waals surface area contributed by atoms with Crippen molar-refractivity contribution in [2.45, 2.75) is 38.1 Å². The van der Waals surface area contributed by atoms with Crippen LogP contribution in [0.3, 0.4) is 0 Å². The number of nitrogens with one attached hydrogen (secondary N) is 4. The van der Waals surface area contributed by atoms with Crippen molar-refractivity contribution in [2.75, 3.05) is 13.2 Å². The normalized spacial score (nSPS) is 12.6. The first kappa shape index (κ1) is 24.6. The first-order valence-corrected chi connectivity index (χ1v) is 11.0. The molecule has 180 valence electrons. The van der Waals surface area contributed by atoms with E-state index in [-0.39, 0.29) is 18.9 Å². The summed E-state index contributed by atoms with van der Waals surface area (Å²) in [7, 11) is 0. The van der Waals surface area contributed by atoms with Crippen LogP contribution in [0.4, 0.5) is 9.59 Å². The molecule has 0 heterocycles. The molecule has 34 heavy (non-hydrogen) atoms. The van der Waals surface area contributed by atoms with Gasteiger partial charge in [-0.25, -0.2) is 15.0 Å². The smallest absolute Gasteiger partial charge is 0.423 e. The molecule has 10 nitrogen and oxygen atoms in total. The number of benzene rings is 2. The van der Waals surface area contributed by atoms with Crippen molar-refractivity contribution in [2.24, 2.45) is 0 Å². The highest BCUT2D eigenvalue weighted by Crippen LogP contribution is 2.44. The van der Waals surface area contributed by atoms with E-state index >= 15 is 0 Å². The van der Waals surface area contributed by atoms with Crippen LogP contribution in [0.25, 0.3) is 11.1 Å². The fraction of sp³-hybridized carbons (Fsp3) is 0.333. The minimum absolute atomic E-state index is 0.0190. The standard InChI is InChI=1S/C24H28N4O6/c1-15(29)26-21(22(30)27-28-23(31)32)12-6-7-13-25-24(33)34-14-20-18-10-4-2-8-16(18)17-9-3-5-11-19(17)20/h2-5,8-11,20-21,28H,6-7,12-14H2,1H3,(H,25,33)(H,26,29)(H,27,30)(H,31,32). The molecule has 0 fully saturated rings. The van der Waals surface area contributed by atoms with E-state index in [2.05, 4.69) is 34.9 Å². The van der Waals surface area contributed by atoms with Crippen molar-refractivity contribution < 1.29 is 29.0 Å². The van der Waals surface area contributed by atoms with Crippen LogP contribution in [0.2, 0.25) is 0 Å². The molecule has 2 aromatic carbocycles. The number of ether oxygens (including phenoxy) is 1. The minimum Gasteiger partial charge on any atom is -0.464 e. The van der Waals surface area contributed by atoms with E-state index in [4.69, 9.17) is 9.84 Å². The molecule has 1 aliphatic carbocycles. The molecule has 10 heteroatoms. The van der Waals surface area contributed by atoms with E-state index in [0.717, 1.165) is 22.3 Å². The summed E-state index contributed by atoms with van der Waals surface area (Å²) in [4.78, 5) is 46.0. The van der Waals surface area contributed by atoms with Gasteiger partial charge in [-0.3, -0.25) is 15.0 Å². The minimum atomic E-state index is -1.41. The van der Waals surface area contributed by atoms with Crippen molar-refractivity contribution in [3.63, 3.8) is 0 Å². The summed E-state index contributed by atoms with van der Waals surface area (Å²) in [5, 5.41) is 13.7. The number of hydrogen-bond donors (Lipinski definition) is 5. The van der Waals surface area contributed by atoms with Crippen LogP contribution in [-0.2, 0) is 14.3 Å². The Kier molecular flexibility index (Phi) is 8.44. The largest absolute Gasteiger partial charge is 0.464 e. The molecule has 4 amide bonds. The molecule has 0 bridgehead atoms. The summed E-state index contributed by atoms with van der Waals surface area (Å²) in [6.07, 6.45) is -0.612. The van der Waals surface area contributed by atoms with Gasteiger partial charge in [-0.1, -0.05) is 48.5 Å². The van der Waals surface area contributed by atoms with Crippen LogP contribution in [0, 0.1) is 0 Å².